The van der Waals surface area contributed by atoms with Crippen molar-refractivity contribution >= 4 is 23.2 Å². The predicted octanol–water partition coefficient (Wildman–Crippen LogP) is 1.24. The predicted molar refractivity (Wildman–Crippen MR) is 67.8 cm³/mol. The van der Waals surface area contributed by atoms with E-state index in [1.54, 1.807) is 19.1 Å². The molecule has 2 amide bonds. The van der Waals surface area contributed by atoms with Gasteiger partial charge in [-0.15, -0.1) is 0 Å². The zero-order valence-electron chi connectivity index (χ0n) is 10.2. The average Bonchev–Trinajstić information content (AvgIpc) is 2.22. The summed E-state index contributed by atoms with van der Waals surface area (Å²) in [6.07, 6.45) is 0. The van der Waals surface area contributed by atoms with E-state index in [9.17, 15) is 9.59 Å². The molecule has 0 fully saturated rings. The maximum absolute atomic E-state index is 11.5. The molecule has 92 valence electrons. The number of anilines is 2. The molecule has 17 heavy (non-hydrogen) atoms. The van der Waals surface area contributed by atoms with Gasteiger partial charge in [-0.25, -0.2) is 0 Å². The minimum absolute atomic E-state index is 0.154. The fourth-order valence-corrected chi connectivity index (χ4v) is 1.28. The summed E-state index contributed by atoms with van der Waals surface area (Å²) >= 11 is 0. The topological polar surface area (TPSA) is 84.2 Å². The number of carbonyl (C=O) groups excluding carboxylic acids is 2. The second kappa shape index (κ2) is 5.45. The SMILES string of the molecule is CC(=O)Nc1ccc(C)c(NC(=O)[C@@H](C)N)c1. The fraction of sp³-hybridized carbons (Fsp3) is 0.333. The molecule has 1 rings (SSSR count). The minimum atomic E-state index is -0.571. The molecule has 0 aliphatic rings. The molecule has 0 heterocycles. The molecule has 0 unspecified atom stereocenters. The highest BCUT2D eigenvalue weighted by molar-refractivity contribution is 5.96. The van der Waals surface area contributed by atoms with Crippen LogP contribution in [0.1, 0.15) is 19.4 Å². The first-order valence-corrected chi connectivity index (χ1v) is 5.35. The van der Waals surface area contributed by atoms with E-state index in [4.69, 9.17) is 5.73 Å². The molecular weight excluding hydrogens is 218 g/mol. The normalized spacial score (nSPS) is 11.8. The number of benzene rings is 1. The summed E-state index contributed by atoms with van der Waals surface area (Å²) in [7, 11) is 0. The average molecular weight is 235 g/mol. The van der Waals surface area contributed by atoms with Gasteiger partial charge in [0.05, 0.1) is 6.04 Å². The Kier molecular flexibility index (Phi) is 4.23. The van der Waals surface area contributed by atoms with Gasteiger partial charge in [-0.3, -0.25) is 9.59 Å². The molecule has 1 aromatic rings. The molecule has 4 N–H and O–H groups in total. The van der Waals surface area contributed by atoms with Crippen molar-refractivity contribution in [2.24, 2.45) is 5.73 Å². The van der Waals surface area contributed by atoms with Crippen LogP contribution in [0.3, 0.4) is 0 Å². The van der Waals surface area contributed by atoms with E-state index < -0.39 is 6.04 Å². The largest absolute Gasteiger partial charge is 0.326 e. The molecule has 5 heteroatoms. The van der Waals surface area contributed by atoms with Crippen molar-refractivity contribution in [2.75, 3.05) is 10.6 Å². The van der Waals surface area contributed by atoms with Crippen LogP contribution in [-0.4, -0.2) is 17.9 Å². The molecule has 0 radical (unpaired) electrons. The van der Waals surface area contributed by atoms with Crippen LogP contribution in [0.2, 0.25) is 0 Å². The summed E-state index contributed by atoms with van der Waals surface area (Å²) in [6.45, 7) is 4.91. The van der Waals surface area contributed by atoms with E-state index in [2.05, 4.69) is 10.6 Å². The molecule has 1 aromatic carbocycles. The van der Waals surface area contributed by atoms with E-state index in [0.717, 1.165) is 5.56 Å². The van der Waals surface area contributed by atoms with Crippen LogP contribution in [0.5, 0.6) is 0 Å². The summed E-state index contributed by atoms with van der Waals surface area (Å²) < 4.78 is 0. The van der Waals surface area contributed by atoms with Crippen molar-refractivity contribution in [2.45, 2.75) is 26.8 Å². The first-order valence-electron chi connectivity index (χ1n) is 5.35. The van der Waals surface area contributed by atoms with Gasteiger partial charge in [0.25, 0.3) is 0 Å². The van der Waals surface area contributed by atoms with Crippen LogP contribution >= 0.6 is 0 Å². The Morgan fingerprint density at radius 2 is 1.94 bits per heavy atom. The van der Waals surface area contributed by atoms with Crippen molar-refractivity contribution < 1.29 is 9.59 Å². The monoisotopic (exact) mass is 235 g/mol. The third-order valence-corrected chi connectivity index (χ3v) is 2.23. The van der Waals surface area contributed by atoms with E-state index in [-0.39, 0.29) is 11.8 Å². The zero-order valence-corrected chi connectivity index (χ0v) is 10.2. The highest BCUT2D eigenvalue weighted by Gasteiger charge is 2.09. The van der Waals surface area contributed by atoms with E-state index in [1.165, 1.54) is 6.92 Å². The van der Waals surface area contributed by atoms with Crippen LogP contribution in [0, 0.1) is 6.92 Å². The first-order chi connectivity index (χ1) is 7.90. The summed E-state index contributed by atoms with van der Waals surface area (Å²) in [4.78, 5) is 22.4. The van der Waals surface area contributed by atoms with Crippen LogP contribution in [0.25, 0.3) is 0 Å². The highest BCUT2D eigenvalue weighted by Crippen LogP contribution is 2.20. The number of amides is 2. The van der Waals surface area contributed by atoms with Crippen LogP contribution in [-0.2, 0) is 9.59 Å². The lowest BCUT2D eigenvalue weighted by molar-refractivity contribution is -0.117. The van der Waals surface area contributed by atoms with Crippen LogP contribution < -0.4 is 16.4 Å². The van der Waals surface area contributed by atoms with Crippen molar-refractivity contribution in [3.05, 3.63) is 23.8 Å². The molecule has 1 atom stereocenters. The van der Waals surface area contributed by atoms with Gasteiger partial charge in [0.2, 0.25) is 11.8 Å². The Hall–Kier alpha value is -1.88. The van der Waals surface area contributed by atoms with Crippen molar-refractivity contribution in [3.63, 3.8) is 0 Å². The summed E-state index contributed by atoms with van der Waals surface area (Å²) in [5, 5.41) is 5.36. The van der Waals surface area contributed by atoms with E-state index in [0.29, 0.717) is 11.4 Å². The van der Waals surface area contributed by atoms with Gasteiger partial charge in [-0.2, -0.15) is 0 Å². The Labute approximate surface area is 100 Å². The Morgan fingerprint density at radius 3 is 2.47 bits per heavy atom. The number of rotatable bonds is 3. The molecule has 0 saturated heterocycles. The van der Waals surface area contributed by atoms with Crippen molar-refractivity contribution in [1.29, 1.82) is 0 Å². The number of nitrogens with two attached hydrogens (primary N) is 1. The van der Waals surface area contributed by atoms with Crippen molar-refractivity contribution in [1.82, 2.24) is 0 Å². The quantitative estimate of drug-likeness (QED) is 0.737. The second-order valence-corrected chi connectivity index (χ2v) is 3.99. The van der Waals surface area contributed by atoms with E-state index in [1.807, 2.05) is 13.0 Å². The van der Waals surface area contributed by atoms with E-state index >= 15 is 0 Å². The Balaban J connectivity index is 2.90. The van der Waals surface area contributed by atoms with Gasteiger partial charge in [-0.1, -0.05) is 6.07 Å². The van der Waals surface area contributed by atoms with Crippen LogP contribution in [0.15, 0.2) is 18.2 Å². The maximum Gasteiger partial charge on any atom is 0.241 e. The lowest BCUT2D eigenvalue weighted by Gasteiger charge is -2.12. The van der Waals surface area contributed by atoms with Gasteiger partial charge >= 0.3 is 0 Å². The lowest BCUT2D eigenvalue weighted by atomic mass is 10.1. The summed E-state index contributed by atoms with van der Waals surface area (Å²) in [5.74, 6) is -0.411. The molecular formula is C12H17N3O2. The van der Waals surface area contributed by atoms with Gasteiger partial charge in [0.15, 0.2) is 0 Å². The Bertz CT molecular complexity index is 441. The molecule has 0 spiro atoms. The fourth-order valence-electron chi connectivity index (χ4n) is 1.28. The molecule has 0 aliphatic heterocycles. The summed E-state index contributed by atoms with van der Waals surface area (Å²) in [5.41, 5.74) is 7.67. The van der Waals surface area contributed by atoms with Crippen molar-refractivity contribution in [3.8, 4) is 0 Å². The number of nitrogens with one attached hydrogen (secondary N) is 2. The zero-order chi connectivity index (χ0) is 13.0. The number of carbonyl (C=O) groups is 2. The standard InChI is InChI=1S/C12H17N3O2/c1-7-4-5-10(14-9(3)16)6-11(7)15-12(17)8(2)13/h4-6,8H,13H2,1-3H3,(H,14,16)(H,15,17)/t8-/m1/s1. The number of hydrogen-bond donors (Lipinski definition) is 3. The smallest absolute Gasteiger partial charge is 0.241 e. The third-order valence-electron chi connectivity index (χ3n) is 2.23. The van der Waals surface area contributed by atoms with Gasteiger partial charge in [0, 0.05) is 18.3 Å². The Morgan fingerprint density at radius 1 is 1.29 bits per heavy atom. The third kappa shape index (κ3) is 3.88. The summed E-state index contributed by atoms with van der Waals surface area (Å²) in [6, 6.07) is 4.73. The number of hydrogen-bond acceptors (Lipinski definition) is 3. The second-order valence-electron chi connectivity index (χ2n) is 3.99. The molecule has 0 bridgehead atoms. The molecule has 0 saturated carbocycles. The molecule has 0 aromatic heterocycles. The first kappa shape index (κ1) is 13.2. The van der Waals surface area contributed by atoms with Gasteiger partial charge in [-0.05, 0) is 31.5 Å². The number of aryl methyl sites for hydroxylation is 1. The molecule has 5 nitrogen and oxygen atoms in total. The molecule has 0 aliphatic carbocycles. The van der Waals surface area contributed by atoms with Gasteiger partial charge < -0.3 is 16.4 Å². The minimum Gasteiger partial charge on any atom is -0.326 e. The lowest BCUT2D eigenvalue weighted by Crippen LogP contribution is -2.32. The van der Waals surface area contributed by atoms with Crippen LogP contribution in [0.4, 0.5) is 11.4 Å². The van der Waals surface area contributed by atoms with Gasteiger partial charge in [0.1, 0.15) is 0 Å². The highest BCUT2D eigenvalue weighted by atomic mass is 16.2. The maximum atomic E-state index is 11.5.